The van der Waals surface area contributed by atoms with Gasteiger partial charge in [0.25, 0.3) is 0 Å². The Morgan fingerprint density at radius 2 is 0.678 bits per heavy atom. The summed E-state index contributed by atoms with van der Waals surface area (Å²) in [5, 5.41) is 4.87. The summed E-state index contributed by atoms with van der Waals surface area (Å²) < 4.78 is 14.7. The average Bonchev–Trinajstić information content (AvgIpc) is 1.50. The summed E-state index contributed by atoms with van der Waals surface area (Å²) in [4.78, 5) is 2.71. The number of hydrogen-bond donors (Lipinski definition) is 0. The fourth-order valence-electron chi connectivity index (χ4n) is 23.0. The van der Waals surface area contributed by atoms with E-state index in [0.29, 0.717) is 0 Å². The highest BCUT2D eigenvalue weighted by Gasteiger charge is 2.56. The minimum atomic E-state index is -0.777. The van der Waals surface area contributed by atoms with Crippen LogP contribution in [0.2, 0.25) is 0 Å². The van der Waals surface area contributed by atoms with Crippen LogP contribution in [0.15, 0.2) is 282 Å². The van der Waals surface area contributed by atoms with Crippen molar-refractivity contribution in [1.29, 1.82) is 0 Å². The van der Waals surface area contributed by atoms with E-state index >= 15 is 0 Å². The summed E-state index contributed by atoms with van der Waals surface area (Å²) in [6, 6.07) is 106. The van der Waals surface area contributed by atoms with Crippen LogP contribution in [0.25, 0.3) is 88.4 Å². The highest BCUT2D eigenvalue weighted by atomic mass is 16.3. The van der Waals surface area contributed by atoms with Gasteiger partial charge in [0.05, 0.1) is 16.5 Å². The molecule has 0 fully saturated rings. The third kappa shape index (κ3) is 11.8. The van der Waals surface area contributed by atoms with Crippen molar-refractivity contribution in [1.82, 2.24) is 0 Å². The summed E-state index contributed by atoms with van der Waals surface area (Å²) in [6.07, 6.45) is 29.4. The molecule has 0 saturated heterocycles. The number of para-hydroxylation sites is 3. The van der Waals surface area contributed by atoms with Gasteiger partial charge in [0.1, 0.15) is 22.3 Å². The standard InChI is InChI=1S/C112H111NO2/c1-7-11-15-19-41-68-109(69-42-20-16-12-8-2)91-59-38-35-56-85(91)102-103-88-58-37-40-61-98(88)115-108(103)104-86-65-63-82(72-93(86)110(106(104)105(102)109,70-43-21-17-13-9-3)71-44-22-18-14-10-4)113(107-76(5)46-45-47-77(107)6)83-62-64-84-89-74-96-90(75-95(89)112(94(84)73-83,80-52-31-25-32-53-80)81-54-33-26-34-55-81)100-92(66-67-99-101(100)87-57-36-39-60-97(87)114-99)111(96,78-48-27-23-28-49-78)79-50-29-24-30-51-79/h23-40,45-67,72-75H,7-22,41-44,68-71H2,1-6H3. The number of aryl methyl sites for hydroxylation is 2. The molecule has 19 rings (SSSR count). The van der Waals surface area contributed by atoms with Crippen LogP contribution in [0.4, 0.5) is 17.1 Å². The molecule has 4 aliphatic rings. The summed E-state index contributed by atoms with van der Waals surface area (Å²) in [7, 11) is 0. The van der Waals surface area contributed by atoms with Crippen LogP contribution in [-0.2, 0) is 21.7 Å². The predicted molar refractivity (Wildman–Crippen MR) is 486 cm³/mol. The normalized spacial score (nSPS) is 14.6. The lowest BCUT2D eigenvalue weighted by molar-refractivity contribution is 0.369. The van der Waals surface area contributed by atoms with E-state index in [-0.39, 0.29) is 10.8 Å². The van der Waals surface area contributed by atoms with E-state index in [1.165, 1.54) is 256 Å². The van der Waals surface area contributed by atoms with Gasteiger partial charge in [-0.1, -0.05) is 375 Å². The number of rotatable bonds is 31. The first-order valence-corrected chi connectivity index (χ1v) is 44.4. The Kier molecular flexibility index (Phi) is 20.1. The Bertz CT molecular complexity index is 5960. The molecule has 0 radical (unpaired) electrons. The van der Waals surface area contributed by atoms with Gasteiger partial charge < -0.3 is 13.7 Å². The lowest BCUT2D eigenvalue weighted by Crippen LogP contribution is -2.33. The maximum Gasteiger partial charge on any atom is 0.144 e. The molecule has 0 amide bonds. The average molecular weight is 1500 g/mol. The second-order valence-electron chi connectivity index (χ2n) is 34.6. The largest absolute Gasteiger partial charge is 0.456 e. The number of fused-ring (bicyclic) bond motifs is 22. The van der Waals surface area contributed by atoms with E-state index in [2.05, 4.69) is 319 Å². The number of nitrogens with zero attached hydrogens (tertiary/aromatic N) is 1. The van der Waals surface area contributed by atoms with Crippen molar-refractivity contribution in [2.75, 3.05) is 4.90 Å². The van der Waals surface area contributed by atoms with E-state index in [0.717, 1.165) is 64.5 Å². The van der Waals surface area contributed by atoms with Gasteiger partial charge in [0.2, 0.25) is 0 Å². The van der Waals surface area contributed by atoms with E-state index in [1.807, 2.05) is 0 Å². The van der Waals surface area contributed by atoms with Crippen molar-refractivity contribution in [3.63, 3.8) is 0 Å². The van der Waals surface area contributed by atoms with Gasteiger partial charge in [-0.05, 0) is 211 Å². The maximum atomic E-state index is 7.75. The molecule has 3 nitrogen and oxygen atoms in total. The lowest BCUT2D eigenvalue weighted by atomic mass is 9.62. The first-order chi connectivity index (χ1) is 56.7. The topological polar surface area (TPSA) is 29.5 Å². The molecule has 0 unspecified atom stereocenters. The van der Waals surface area contributed by atoms with Crippen LogP contribution in [0.3, 0.4) is 0 Å². The molecular weight excluding hydrogens is 1390 g/mol. The molecule has 2 aromatic heterocycles. The van der Waals surface area contributed by atoms with Crippen molar-refractivity contribution in [2.24, 2.45) is 0 Å². The Hall–Kier alpha value is -10.7. The maximum absolute atomic E-state index is 7.75. The van der Waals surface area contributed by atoms with E-state index in [4.69, 9.17) is 8.83 Å². The number of furan rings is 2. The second kappa shape index (κ2) is 31.1. The van der Waals surface area contributed by atoms with E-state index < -0.39 is 10.8 Å². The molecule has 0 N–H and O–H groups in total. The van der Waals surface area contributed by atoms with Gasteiger partial charge in [-0.3, -0.25) is 0 Å². The fraction of sp³-hybridized carbons (Fsp3) is 0.304. The van der Waals surface area contributed by atoms with Gasteiger partial charge in [-0.25, -0.2) is 0 Å². The Balaban J connectivity index is 0.888. The molecule has 15 aromatic rings. The van der Waals surface area contributed by atoms with Crippen molar-refractivity contribution >= 4 is 60.9 Å². The summed E-state index contributed by atoms with van der Waals surface area (Å²) in [6.45, 7) is 14.2. The predicted octanol–water partition coefficient (Wildman–Crippen LogP) is 32.3. The molecule has 0 bridgehead atoms. The molecule has 4 aliphatic carbocycles. The Labute approximate surface area is 682 Å². The van der Waals surface area contributed by atoms with Crippen molar-refractivity contribution < 1.29 is 8.83 Å². The molecule has 2 heterocycles. The van der Waals surface area contributed by atoms with Gasteiger partial charge in [0.15, 0.2) is 0 Å². The zero-order chi connectivity index (χ0) is 77.8. The zero-order valence-corrected chi connectivity index (χ0v) is 68.7. The van der Waals surface area contributed by atoms with E-state index in [1.54, 1.807) is 16.7 Å². The minimum Gasteiger partial charge on any atom is -0.456 e. The van der Waals surface area contributed by atoms with Gasteiger partial charge in [-0.2, -0.15) is 0 Å². The van der Waals surface area contributed by atoms with Crippen molar-refractivity contribution in [3.8, 4) is 44.5 Å². The lowest BCUT2D eigenvalue weighted by Gasteiger charge is -2.40. The molecule has 13 aromatic carbocycles. The number of anilines is 3. The van der Waals surface area contributed by atoms with Crippen LogP contribution in [0.5, 0.6) is 0 Å². The highest BCUT2D eigenvalue weighted by molar-refractivity contribution is 6.21. The number of benzene rings is 13. The minimum absolute atomic E-state index is 0.175. The second-order valence-corrected chi connectivity index (χ2v) is 34.6. The van der Waals surface area contributed by atoms with Crippen LogP contribution < -0.4 is 4.90 Å². The Morgan fingerprint density at radius 3 is 1.22 bits per heavy atom. The van der Waals surface area contributed by atoms with Crippen LogP contribution in [0.1, 0.15) is 260 Å². The van der Waals surface area contributed by atoms with Crippen LogP contribution in [-0.4, -0.2) is 0 Å². The van der Waals surface area contributed by atoms with Gasteiger partial charge >= 0.3 is 0 Å². The molecule has 115 heavy (non-hydrogen) atoms. The van der Waals surface area contributed by atoms with Crippen molar-refractivity contribution in [3.05, 3.63) is 351 Å². The Morgan fingerprint density at radius 1 is 0.270 bits per heavy atom. The van der Waals surface area contributed by atoms with Crippen molar-refractivity contribution in [2.45, 2.75) is 217 Å². The van der Waals surface area contributed by atoms with E-state index in [9.17, 15) is 0 Å². The number of unbranched alkanes of at least 4 members (excludes halogenated alkanes) is 16. The molecule has 0 spiro atoms. The summed E-state index contributed by atoms with van der Waals surface area (Å²) >= 11 is 0. The summed E-state index contributed by atoms with van der Waals surface area (Å²) in [5.41, 5.74) is 35.1. The first kappa shape index (κ1) is 74.4. The third-order valence-electron chi connectivity index (χ3n) is 28.0. The third-order valence-corrected chi connectivity index (χ3v) is 28.0. The number of hydrogen-bond acceptors (Lipinski definition) is 3. The molecule has 0 atom stereocenters. The van der Waals surface area contributed by atoms with Gasteiger partial charge in [-0.15, -0.1) is 0 Å². The molecule has 0 saturated carbocycles. The van der Waals surface area contributed by atoms with Gasteiger partial charge in [0, 0.05) is 49.3 Å². The molecule has 0 aliphatic heterocycles. The highest BCUT2D eigenvalue weighted by Crippen LogP contribution is 2.69. The van der Waals surface area contributed by atoms with Crippen LogP contribution in [0, 0.1) is 13.8 Å². The SMILES string of the molecule is CCCCCCCC1(CCCCCCC)c2cc(N(c3ccc4c(c3)C(c3ccccc3)(c3ccccc3)c3cc5c(cc3-4)C(c3ccccc3)(c3ccccc3)c3ccc4oc6ccccc6c4c3-5)c3c(C)cccc3C)ccc2-c2c1c1c(c3c2oc2ccccc23)-c2ccccc2C1(CCCCCCC)CCCCCCC. The molecule has 3 heteroatoms. The van der Waals surface area contributed by atoms with Crippen LogP contribution >= 0.6 is 0 Å². The molecule has 576 valence electrons. The first-order valence-electron chi connectivity index (χ1n) is 44.4. The smallest absolute Gasteiger partial charge is 0.144 e. The quantitative estimate of drug-likeness (QED) is 0.0406. The molecular formula is C112H111NO2. The fourth-order valence-corrected chi connectivity index (χ4v) is 23.0. The summed E-state index contributed by atoms with van der Waals surface area (Å²) in [5.74, 6) is 0. The monoisotopic (exact) mass is 1500 g/mol. The zero-order valence-electron chi connectivity index (χ0n) is 68.7.